The molecule has 0 aliphatic carbocycles. The van der Waals surface area contributed by atoms with Gasteiger partial charge >= 0.3 is 0 Å². The highest BCUT2D eigenvalue weighted by atomic mass is 32.2. The summed E-state index contributed by atoms with van der Waals surface area (Å²) in [5, 5.41) is 10.7. The van der Waals surface area contributed by atoms with Crippen molar-refractivity contribution in [1.29, 1.82) is 5.26 Å². The summed E-state index contributed by atoms with van der Waals surface area (Å²) in [7, 11) is 1.62. The number of allylic oxidation sites excluding steroid dienone is 1. The number of hydrogen-bond acceptors (Lipinski definition) is 5. The highest BCUT2D eigenvalue weighted by Crippen LogP contribution is 2.45. The zero-order valence-electron chi connectivity index (χ0n) is 16.6. The first kappa shape index (κ1) is 19.4. The van der Waals surface area contributed by atoms with E-state index in [1.807, 2.05) is 36.4 Å². The zero-order valence-corrected chi connectivity index (χ0v) is 17.4. The predicted octanol–water partition coefficient (Wildman–Crippen LogP) is 4.48. The minimum atomic E-state index is -0.267. The number of hydrogen-bond donors (Lipinski definition) is 0. The second-order valence-electron chi connectivity index (χ2n) is 7.09. The summed E-state index contributed by atoms with van der Waals surface area (Å²) in [5.41, 5.74) is 3.96. The van der Waals surface area contributed by atoms with Gasteiger partial charge in [-0.05, 0) is 24.1 Å². The Hall–Kier alpha value is -2.91. The van der Waals surface area contributed by atoms with Crippen LogP contribution in [0.4, 0.5) is 5.69 Å². The van der Waals surface area contributed by atoms with Gasteiger partial charge in [-0.15, -0.1) is 0 Å². The highest BCUT2D eigenvalue weighted by Gasteiger charge is 2.39. The molecule has 0 unspecified atom stereocenters. The van der Waals surface area contributed by atoms with Crippen molar-refractivity contribution < 1.29 is 9.53 Å². The van der Waals surface area contributed by atoms with Crippen LogP contribution in [0.5, 0.6) is 5.75 Å². The molecule has 2 aliphatic rings. The third-order valence-corrected chi connectivity index (χ3v) is 6.68. The number of thioether (sulfide) groups is 1. The van der Waals surface area contributed by atoms with Crippen molar-refractivity contribution >= 4 is 23.4 Å². The molecule has 148 valence electrons. The van der Waals surface area contributed by atoms with Gasteiger partial charge in [0.05, 0.1) is 36.3 Å². The maximum atomic E-state index is 13.1. The summed E-state index contributed by atoms with van der Waals surface area (Å²) in [4.78, 5) is 17.1. The van der Waals surface area contributed by atoms with E-state index in [0.717, 1.165) is 22.7 Å². The number of amides is 1. The Morgan fingerprint density at radius 3 is 2.72 bits per heavy atom. The van der Waals surface area contributed by atoms with E-state index in [2.05, 4.69) is 30.0 Å². The van der Waals surface area contributed by atoms with Gasteiger partial charge < -0.3 is 9.64 Å². The SMILES string of the molecule is CCc1ccccc1N1CSC2=C(C#N)[C@H](c3ccccc3OC)CC(=O)N2C1. The van der Waals surface area contributed by atoms with Crippen LogP contribution in [0, 0.1) is 11.3 Å². The minimum absolute atomic E-state index is 0.0427. The fourth-order valence-corrected chi connectivity index (χ4v) is 5.21. The van der Waals surface area contributed by atoms with Crippen LogP contribution < -0.4 is 9.64 Å². The van der Waals surface area contributed by atoms with Crippen LogP contribution in [0.1, 0.15) is 30.4 Å². The number of rotatable bonds is 4. The Balaban J connectivity index is 1.70. The molecular weight excluding hydrogens is 382 g/mol. The fourth-order valence-electron chi connectivity index (χ4n) is 4.05. The van der Waals surface area contributed by atoms with Crippen molar-refractivity contribution in [2.45, 2.75) is 25.7 Å². The molecule has 0 saturated carbocycles. The second kappa shape index (κ2) is 8.22. The number of fused-ring (bicyclic) bond motifs is 1. The first-order chi connectivity index (χ1) is 14.2. The molecule has 1 atom stereocenters. The van der Waals surface area contributed by atoms with E-state index in [4.69, 9.17) is 4.74 Å². The number of nitriles is 1. The number of methoxy groups -OCH3 is 1. The molecule has 1 saturated heterocycles. The molecule has 1 fully saturated rings. The van der Waals surface area contributed by atoms with E-state index >= 15 is 0 Å². The molecule has 2 aliphatic heterocycles. The molecule has 0 N–H and O–H groups in total. The smallest absolute Gasteiger partial charge is 0.229 e. The van der Waals surface area contributed by atoms with Gasteiger partial charge in [0.2, 0.25) is 5.91 Å². The van der Waals surface area contributed by atoms with Crippen LogP contribution in [-0.4, -0.2) is 30.5 Å². The van der Waals surface area contributed by atoms with Crippen molar-refractivity contribution in [1.82, 2.24) is 4.90 Å². The molecule has 0 bridgehead atoms. The fraction of sp³-hybridized carbons (Fsp3) is 0.304. The van der Waals surface area contributed by atoms with Crippen molar-refractivity contribution in [2.24, 2.45) is 0 Å². The Bertz CT molecular complexity index is 1010. The number of ether oxygens (including phenoxy) is 1. The van der Waals surface area contributed by atoms with Crippen LogP contribution in [0.15, 0.2) is 59.1 Å². The predicted molar refractivity (Wildman–Crippen MR) is 115 cm³/mol. The monoisotopic (exact) mass is 405 g/mol. The molecule has 6 heteroatoms. The van der Waals surface area contributed by atoms with E-state index in [9.17, 15) is 10.1 Å². The number of benzene rings is 2. The largest absolute Gasteiger partial charge is 0.496 e. The first-order valence-corrected chi connectivity index (χ1v) is 10.7. The third kappa shape index (κ3) is 3.47. The van der Waals surface area contributed by atoms with Crippen molar-refractivity contribution in [3.8, 4) is 11.8 Å². The Kier molecular flexibility index (Phi) is 5.50. The summed E-state index contributed by atoms with van der Waals surface area (Å²) in [6.07, 6.45) is 1.21. The number of aryl methyl sites for hydroxylation is 1. The molecule has 0 radical (unpaired) electrons. The van der Waals surface area contributed by atoms with Gasteiger partial charge in [0, 0.05) is 23.6 Å². The Morgan fingerprint density at radius 1 is 1.21 bits per heavy atom. The van der Waals surface area contributed by atoms with Gasteiger partial charge in [-0.3, -0.25) is 9.69 Å². The van der Waals surface area contributed by atoms with Crippen LogP contribution in [0.2, 0.25) is 0 Å². The summed E-state index contributed by atoms with van der Waals surface area (Å²) in [6.45, 7) is 2.61. The summed E-state index contributed by atoms with van der Waals surface area (Å²) in [6, 6.07) is 18.3. The minimum Gasteiger partial charge on any atom is -0.496 e. The summed E-state index contributed by atoms with van der Waals surface area (Å²) < 4.78 is 5.49. The number of para-hydroxylation sites is 2. The van der Waals surface area contributed by atoms with Crippen LogP contribution in [-0.2, 0) is 11.2 Å². The average Bonchev–Trinajstić information content (AvgIpc) is 2.78. The molecular formula is C23H23N3O2S. The van der Waals surface area contributed by atoms with Crippen molar-refractivity contribution in [2.75, 3.05) is 24.6 Å². The lowest BCUT2D eigenvalue weighted by molar-refractivity contribution is -0.129. The maximum Gasteiger partial charge on any atom is 0.229 e. The normalized spacial score (nSPS) is 19.1. The van der Waals surface area contributed by atoms with Crippen LogP contribution in [0.25, 0.3) is 0 Å². The quantitative estimate of drug-likeness (QED) is 0.751. The van der Waals surface area contributed by atoms with E-state index in [0.29, 0.717) is 23.9 Å². The van der Waals surface area contributed by atoms with E-state index in [1.165, 1.54) is 5.56 Å². The lowest BCUT2D eigenvalue weighted by Crippen LogP contribution is -2.47. The topological polar surface area (TPSA) is 56.6 Å². The van der Waals surface area contributed by atoms with Gasteiger partial charge in [-0.25, -0.2) is 0 Å². The Labute approximate surface area is 175 Å². The van der Waals surface area contributed by atoms with E-state index < -0.39 is 0 Å². The van der Waals surface area contributed by atoms with Crippen molar-refractivity contribution in [3.05, 3.63) is 70.3 Å². The van der Waals surface area contributed by atoms with E-state index in [-0.39, 0.29) is 18.2 Å². The summed E-state index contributed by atoms with van der Waals surface area (Å²) in [5.74, 6) is 1.20. The molecule has 2 aromatic carbocycles. The van der Waals surface area contributed by atoms with Crippen LogP contribution in [0.3, 0.4) is 0 Å². The first-order valence-electron chi connectivity index (χ1n) is 9.71. The van der Waals surface area contributed by atoms with Gasteiger partial charge in [0.1, 0.15) is 5.75 Å². The summed E-state index contributed by atoms with van der Waals surface area (Å²) >= 11 is 1.56. The maximum absolute atomic E-state index is 13.1. The number of nitrogens with zero attached hydrogens (tertiary/aromatic N) is 3. The lowest BCUT2D eigenvalue weighted by Gasteiger charge is -2.42. The second-order valence-corrected chi connectivity index (χ2v) is 8.02. The molecule has 4 rings (SSSR count). The van der Waals surface area contributed by atoms with Crippen molar-refractivity contribution in [3.63, 3.8) is 0 Å². The molecule has 1 amide bonds. The Morgan fingerprint density at radius 2 is 1.97 bits per heavy atom. The molecule has 5 nitrogen and oxygen atoms in total. The van der Waals surface area contributed by atoms with Gasteiger partial charge in [0.25, 0.3) is 0 Å². The average molecular weight is 406 g/mol. The number of anilines is 1. The molecule has 2 heterocycles. The van der Waals surface area contributed by atoms with Gasteiger partial charge in [-0.2, -0.15) is 5.26 Å². The highest BCUT2D eigenvalue weighted by molar-refractivity contribution is 8.03. The van der Waals surface area contributed by atoms with Crippen LogP contribution >= 0.6 is 11.8 Å². The molecule has 29 heavy (non-hydrogen) atoms. The zero-order chi connectivity index (χ0) is 20.4. The standard InChI is InChI=1S/C23H23N3O2S/c1-3-16-8-4-6-10-20(16)25-14-26-22(27)12-18(19(13-24)23(26)29-15-25)17-9-5-7-11-21(17)28-2/h4-11,18H,3,12,14-15H2,1-2H3/t18-/m0/s1. The number of carbonyl (C=O) groups is 1. The molecule has 0 aromatic heterocycles. The lowest BCUT2D eigenvalue weighted by atomic mass is 9.86. The molecule has 2 aromatic rings. The number of carbonyl (C=O) groups excluding carboxylic acids is 1. The molecule has 0 spiro atoms. The van der Waals surface area contributed by atoms with Gasteiger partial charge in [-0.1, -0.05) is 55.1 Å². The third-order valence-electron chi connectivity index (χ3n) is 5.52. The van der Waals surface area contributed by atoms with Gasteiger partial charge in [0.15, 0.2) is 0 Å². The van der Waals surface area contributed by atoms with E-state index in [1.54, 1.807) is 23.8 Å².